The summed E-state index contributed by atoms with van der Waals surface area (Å²) in [6.45, 7) is -3.06. The Kier molecular flexibility index (Phi) is 3.17. The summed E-state index contributed by atoms with van der Waals surface area (Å²) < 4.78 is 25.4. The first-order valence-electron chi connectivity index (χ1n) is 6.02. The third kappa shape index (κ3) is 2.03. The molecule has 112 valence electrons. The first-order chi connectivity index (χ1) is 10.5. The van der Waals surface area contributed by atoms with Crippen LogP contribution in [-0.2, 0) is 4.84 Å². The molecule has 0 spiro atoms. The van der Waals surface area contributed by atoms with E-state index in [9.17, 15) is 23.2 Å². The quantitative estimate of drug-likeness (QED) is 0.805. The van der Waals surface area contributed by atoms with Crippen molar-refractivity contribution in [3.8, 4) is 0 Å². The molecule has 0 N–H and O–H groups in total. The maximum atomic E-state index is 12.6. The Morgan fingerprint density at radius 1 is 1.09 bits per heavy atom. The van der Waals surface area contributed by atoms with Crippen LogP contribution in [0.4, 0.5) is 8.78 Å². The molecule has 0 saturated heterocycles. The molecule has 1 aromatic heterocycles. The highest BCUT2D eigenvalue weighted by molar-refractivity contribution is 6.21. The van der Waals surface area contributed by atoms with Gasteiger partial charge in [-0.15, -0.1) is 0 Å². The van der Waals surface area contributed by atoms with Gasteiger partial charge in [-0.1, -0.05) is 17.2 Å². The summed E-state index contributed by atoms with van der Waals surface area (Å²) in [5, 5.41) is 3.51. The Hall–Kier alpha value is -3.10. The Bertz CT molecular complexity index is 752. The number of rotatable bonds is 3. The van der Waals surface area contributed by atoms with E-state index in [1.165, 1.54) is 12.1 Å². The van der Waals surface area contributed by atoms with Gasteiger partial charge < -0.3 is 4.84 Å². The molecule has 0 radical (unpaired) electrons. The molecule has 1 aliphatic rings. The van der Waals surface area contributed by atoms with Gasteiger partial charge in [0, 0.05) is 0 Å². The number of benzene rings is 1. The number of hydrogen-bond donors (Lipinski definition) is 0. The third-order valence-electron chi connectivity index (χ3n) is 3.00. The van der Waals surface area contributed by atoms with Crippen molar-refractivity contribution < 1.29 is 28.0 Å². The van der Waals surface area contributed by atoms with E-state index in [-0.39, 0.29) is 20.9 Å². The smallest absolute Gasteiger partial charge is 0.323 e. The van der Waals surface area contributed by atoms with E-state index in [1.54, 1.807) is 12.1 Å². The van der Waals surface area contributed by atoms with Crippen molar-refractivity contribution in [2.24, 2.45) is 0 Å². The Morgan fingerprint density at radius 2 is 1.68 bits per heavy atom. The van der Waals surface area contributed by atoms with Crippen molar-refractivity contribution in [1.82, 2.24) is 14.8 Å². The van der Waals surface area contributed by atoms with Crippen molar-refractivity contribution in [2.45, 2.75) is 6.55 Å². The van der Waals surface area contributed by atoms with Crippen molar-refractivity contribution in [1.29, 1.82) is 0 Å². The highest BCUT2D eigenvalue weighted by Gasteiger charge is 2.39. The number of carbonyl (C=O) groups excluding carboxylic acids is 3. The molecular formula is C13H7F2N3O4. The van der Waals surface area contributed by atoms with Crippen molar-refractivity contribution in [3.05, 3.63) is 53.3 Å². The number of hydroxylamine groups is 2. The zero-order chi connectivity index (χ0) is 15.9. The van der Waals surface area contributed by atoms with Crippen LogP contribution in [0.15, 0.2) is 36.5 Å². The monoisotopic (exact) mass is 307 g/mol. The lowest BCUT2D eigenvalue weighted by atomic mass is 10.1. The number of fused-ring (bicyclic) bond motifs is 1. The van der Waals surface area contributed by atoms with Gasteiger partial charge in [-0.3, -0.25) is 9.59 Å². The molecule has 22 heavy (non-hydrogen) atoms. The molecule has 2 aromatic rings. The average molecular weight is 307 g/mol. The first kappa shape index (κ1) is 13.9. The summed E-state index contributed by atoms with van der Waals surface area (Å²) in [6.07, 6.45) is 0.977. The minimum atomic E-state index is -3.06. The fourth-order valence-corrected chi connectivity index (χ4v) is 2.01. The predicted octanol–water partition coefficient (Wildman–Crippen LogP) is 1.65. The van der Waals surface area contributed by atoms with E-state index in [1.807, 2.05) is 0 Å². The average Bonchev–Trinajstić information content (AvgIpc) is 3.08. The molecule has 1 aromatic carbocycles. The lowest BCUT2D eigenvalue weighted by Gasteiger charge is -2.13. The van der Waals surface area contributed by atoms with Crippen LogP contribution in [0, 0.1) is 0 Å². The molecule has 7 nitrogen and oxygen atoms in total. The second-order valence-corrected chi connectivity index (χ2v) is 4.27. The van der Waals surface area contributed by atoms with E-state index >= 15 is 0 Å². The second kappa shape index (κ2) is 5.02. The molecule has 3 rings (SSSR count). The summed E-state index contributed by atoms with van der Waals surface area (Å²) in [7, 11) is 0. The summed E-state index contributed by atoms with van der Waals surface area (Å²) in [5.41, 5.74) is -0.433. The summed E-state index contributed by atoms with van der Waals surface area (Å²) in [4.78, 5) is 40.5. The van der Waals surface area contributed by atoms with E-state index in [2.05, 4.69) is 9.94 Å². The maximum Gasteiger partial charge on any atom is 0.382 e. The molecule has 0 bridgehead atoms. The van der Waals surface area contributed by atoms with E-state index < -0.39 is 30.0 Å². The lowest BCUT2D eigenvalue weighted by molar-refractivity contribution is -0.0604. The van der Waals surface area contributed by atoms with Gasteiger partial charge in [0.1, 0.15) is 0 Å². The molecular weight excluding hydrogens is 300 g/mol. The predicted molar refractivity (Wildman–Crippen MR) is 65.8 cm³/mol. The Labute approximate surface area is 121 Å². The van der Waals surface area contributed by atoms with Crippen LogP contribution >= 0.6 is 0 Å². The number of imide groups is 1. The summed E-state index contributed by atoms with van der Waals surface area (Å²) in [6, 6.07) is 6.87. The van der Waals surface area contributed by atoms with E-state index in [0.29, 0.717) is 0 Å². The van der Waals surface area contributed by atoms with Gasteiger partial charge >= 0.3 is 12.5 Å². The molecule has 2 amide bonds. The molecule has 0 saturated carbocycles. The van der Waals surface area contributed by atoms with Crippen LogP contribution in [0.1, 0.15) is 37.8 Å². The van der Waals surface area contributed by atoms with Crippen LogP contribution in [0.25, 0.3) is 0 Å². The first-order valence-corrected chi connectivity index (χ1v) is 6.02. The molecule has 0 unspecified atom stereocenters. The minimum Gasteiger partial charge on any atom is -0.323 e. The van der Waals surface area contributed by atoms with Crippen molar-refractivity contribution in [3.63, 3.8) is 0 Å². The van der Waals surface area contributed by atoms with Crippen LogP contribution < -0.4 is 0 Å². The van der Waals surface area contributed by atoms with Crippen molar-refractivity contribution >= 4 is 17.8 Å². The number of nitrogens with zero attached hydrogens (tertiary/aromatic N) is 3. The van der Waals surface area contributed by atoms with Gasteiger partial charge in [-0.2, -0.15) is 18.6 Å². The maximum absolute atomic E-state index is 12.6. The van der Waals surface area contributed by atoms with E-state index in [0.717, 1.165) is 12.3 Å². The van der Waals surface area contributed by atoms with Gasteiger partial charge in [0.2, 0.25) is 0 Å². The topological polar surface area (TPSA) is 81.5 Å². The fourth-order valence-electron chi connectivity index (χ4n) is 2.01. The van der Waals surface area contributed by atoms with Crippen LogP contribution in [0.3, 0.4) is 0 Å². The summed E-state index contributed by atoms with van der Waals surface area (Å²) in [5.74, 6) is -2.96. The largest absolute Gasteiger partial charge is 0.382 e. The number of amides is 2. The SMILES string of the molecule is O=C(ON1C(=O)c2ccccc2C1=O)c1ccnn1C(F)F. The molecule has 1 aliphatic heterocycles. The molecule has 0 atom stereocenters. The number of carbonyl (C=O) groups is 3. The normalized spacial score (nSPS) is 13.7. The third-order valence-corrected chi connectivity index (χ3v) is 3.00. The summed E-state index contributed by atoms with van der Waals surface area (Å²) >= 11 is 0. The number of alkyl halides is 2. The van der Waals surface area contributed by atoms with Crippen molar-refractivity contribution in [2.75, 3.05) is 0 Å². The lowest BCUT2D eigenvalue weighted by Crippen LogP contribution is -2.33. The Balaban J connectivity index is 1.86. The fraction of sp³-hybridized carbons (Fsp3) is 0.0769. The number of hydrogen-bond acceptors (Lipinski definition) is 5. The number of aromatic nitrogens is 2. The Morgan fingerprint density at radius 3 is 2.23 bits per heavy atom. The number of halogens is 2. The van der Waals surface area contributed by atoms with Crippen LogP contribution in [0.5, 0.6) is 0 Å². The highest BCUT2D eigenvalue weighted by atomic mass is 19.3. The zero-order valence-corrected chi connectivity index (χ0v) is 10.8. The second-order valence-electron chi connectivity index (χ2n) is 4.27. The van der Waals surface area contributed by atoms with Gasteiger partial charge in [0.05, 0.1) is 17.3 Å². The van der Waals surface area contributed by atoms with Crippen LogP contribution in [0.2, 0.25) is 0 Å². The molecule has 2 heterocycles. The van der Waals surface area contributed by atoms with E-state index in [4.69, 9.17) is 0 Å². The highest BCUT2D eigenvalue weighted by Crippen LogP contribution is 2.23. The van der Waals surface area contributed by atoms with Gasteiger partial charge in [-0.25, -0.2) is 4.79 Å². The minimum absolute atomic E-state index is 0.0719. The van der Waals surface area contributed by atoms with Gasteiger partial charge in [0.15, 0.2) is 5.69 Å². The van der Waals surface area contributed by atoms with Crippen LogP contribution in [-0.4, -0.2) is 32.6 Å². The molecule has 0 aliphatic carbocycles. The standard InChI is InChI=1S/C13H7F2N3O4/c14-13(15)17-9(5-6-16-17)12(21)22-18-10(19)7-3-1-2-4-8(7)11(18)20/h1-6,13H. The van der Waals surface area contributed by atoms with Gasteiger partial charge in [-0.05, 0) is 18.2 Å². The molecule has 0 fully saturated rings. The zero-order valence-electron chi connectivity index (χ0n) is 10.8. The molecule has 9 heteroatoms. The van der Waals surface area contributed by atoms with Gasteiger partial charge in [0.25, 0.3) is 11.8 Å².